The first-order valence-corrected chi connectivity index (χ1v) is 7.34. The highest BCUT2D eigenvalue weighted by Gasteiger charge is 2.35. The Bertz CT molecular complexity index is 761. The van der Waals surface area contributed by atoms with Gasteiger partial charge in [-0.25, -0.2) is 14.8 Å². The van der Waals surface area contributed by atoms with Crippen LogP contribution < -0.4 is 5.73 Å². The Morgan fingerprint density at radius 3 is 2.78 bits per heavy atom. The quantitative estimate of drug-likeness (QED) is 0.865. The number of nitrogens with zero attached hydrogens (tertiary/aromatic N) is 2. The molecule has 6 nitrogen and oxygen atoms in total. The summed E-state index contributed by atoms with van der Waals surface area (Å²) in [5.74, 6) is 0.362. The lowest BCUT2D eigenvalue weighted by atomic mass is 9.88. The summed E-state index contributed by atoms with van der Waals surface area (Å²) in [6.45, 7) is 3.75. The molecular weight excluding hydrogens is 294 g/mol. The molecule has 0 aliphatic carbocycles. The monoisotopic (exact) mass is 311 g/mol. The van der Waals surface area contributed by atoms with Crippen molar-refractivity contribution >= 4 is 23.8 Å². The van der Waals surface area contributed by atoms with Crippen molar-refractivity contribution in [3.8, 4) is 0 Å². The zero-order valence-electron chi connectivity index (χ0n) is 12.9. The van der Waals surface area contributed by atoms with Gasteiger partial charge in [0.1, 0.15) is 23.8 Å². The van der Waals surface area contributed by atoms with E-state index in [1.54, 1.807) is 13.8 Å². The van der Waals surface area contributed by atoms with Gasteiger partial charge in [-0.2, -0.15) is 0 Å². The van der Waals surface area contributed by atoms with Crippen molar-refractivity contribution < 1.29 is 14.3 Å². The molecule has 0 amide bonds. The highest BCUT2D eigenvalue weighted by Crippen LogP contribution is 2.37. The number of rotatable bonds is 3. The van der Waals surface area contributed by atoms with Gasteiger partial charge in [0.15, 0.2) is 0 Å². The predicted molar refractivity (Wildman–Crippen MR) is 87.7 cm³/mol. The van der Waals surface area contributed by atoms with E-state index in [1.807, 2.05) is 30.3 Å². The maximum atomic E-state index is 12.5. The van der Waals surface area contributed by atoms with Gasteiger partial charge < -0.3 is 15.2 Å². The average molecular weight is 311 g/mol. The second-order valence-electron chi connectivity index (χ2n) is 5.05. The lowest BCUT2D eigenvalue weighted by molar-refractivity contribution is -0.138. The van der Waals surface area contributed by atoms with Crippen molar-refractivity contribution in [3.63, 3.8) is 0 Å². The van der Waals surface area contributed by atoms with Crippen LogP contribution in [0.15, 0.2) is 57.2 Å². The van der Waals surface area contributed by atoms with E-state index < -0.39 is 12.1 Å². The normalized spacial score (nSPS) is 20.0. The van der Waals surface area contributed by atoms with E-state index in [0.717, 1.165) is 5.56 Å². The smallest absolute Gasteiger partial charge is 0.342 e. The van der Waals surface area contributed by atoms with Crippen LogP contribution in [-0.2, 0) is 14.3 Å². The summed E-state index contributed by atoms with van der Waals surface area (Å²) < 4.78 is 10.9. The first-order valence-electron chi connectivity index (χ1n) is 7.34. The molecule has 0 bridgehead atoms. The van der Waals surface area contributed by atoms with Crippen molar-refractivity contribution in [2.45, 2.75) is 20.0 Å². The lowest BCUT2D eigenvalue weighted by Crippen LogP contribution is -2.34. The molecule has 0 saturated carbocycles. The number of fused-ring (bicyclic) bond motifs is 1. The second kappa shape index (κ2) is 6.18. The minimum atomic E-state index is -0.643. The molecule has 2 heterocycles. The highest BCUT2D eigenvalue weighted by molar-refractivity contribution is 6.18. The number of nitrogens with two attached hydrogens (primary N) is 1. The van der Waals surface area contributed by atoms with Crippen LogP contribution in [-0.4, -0.2) is 31.0 Å². The van der Waals surface area contributed by atoms with Crippen LogP contribution in [0.3, 0.4) is 0 Å². The maximum Gasteiger partial charge on any atom is 0.342 e. The van der Waals surface area contributed by atoms with Crippen molar-refractivity contribution in [2.75, 3.05) is 6.61 Å². The Morgan fingerprint density at radius 1 is 1.35 bits per heavy atom. The van der Waals surface area contributed by atoms with Gasteiger partial charge in [0.25, 0.3) is 0 Å². The molecule has 23 heavy (non-hydrogen) atoms. The summed E-state index contributed by atoms with van der Waals surface area (Å²) in [7, 11) is 0. The number of benzene rings is 1. The second-order valence-corrected chi connectivity index (χ2v) is 5.05. The number of aliphatic imine (C=N–C) groups is 2. The Labute approximate surface area is 134 Å². The zero-order valence-corrected chi connectivity index (χ0v) is 12.9. The summed E-state index contributed by atoms with van der Waals surface area (Å²) in [5.41, 5.74) is 8.56. The largest absolute Gasteiger partial charge is 0.462 e. The van der Waals surface area contributed by atoms with Crippen LogP contribution in [0.2, 0.25) is 0 Å². The van der Waals surface area contributed by atoms with E-state index in [1.165, 1.54) is 6.34 Å². The summed E-state index contributed by atoms with van der Waals surface area (Å²) in [5, 5.41) is 0. The summed E-state index contributed by atoms with van der Waals surface area (Å²) in [6.07, 6.45) is 0.726. The first kappa shape index (κ1) is 15.2. The molecule has 3 rings (SSSR count). The minimum absolute atomic E-state index is 0.276. The van der Waals surface area contributed by atoms with Crippen LogP contribution in [0.25, 0.3) is 5.57 Å². The predicted octanol–water partition coefficient (Wildman–Crippen LogP) is 2.03. The minimum Gasteiger partial charge on any atom is -0.462 e. The van der Waals surface area contributed by atoms with Crippen LogP contribution >= 0.6 is 0 Å². The third kappa shape index (κ3) is 2.68. The van der Waals surface area contributed by atoms with Crippen molar-refractivity contribution in [1.29, 1.82) is 0 Å². The Balaban J connectivity index is 2.25. The maximum absolute atomic E-state index is 12.5. The standard InChI is InChI=1S/C17H17N3O3/c1-3-22-17(21)12-10(2)23-16-14(15(18)19-9-20-16)13(12)11-7-5-4-6-8-11/h4-9,15H,3,18H2,1-2H3. The molecular formula is C17H17N3O3. The van der Waals surface area contributed by atoms with Crippen LogP contribution in [0.4, 0.5) is 0 Å². The van der Waals surface area contributed by atoms with Crippen LogP contribution in [0, 0.1) is 0 Å². The fourth-order valence-electron chi connectivity index (χ4n) is 2.62. The molecule has 118 valence electrons. The fourth-order valence-corrected chi connectivity index (χ4v) is 2.62. The molecule has 0 aromatic heterocycles. The Morgan fingerprint density at radius 2 is 2.09 bits per heavy atom. The number of hydrogen-bond acceptors (Lipinski definition) is 6. The van der Waals surface area contributed by atoms with E-state index >= 15 is 0 Å². The van der Waals surface area contributed by atoms with Crippen LogP contribution in [0.5, 0.6) is 0 Å². The van der Waals surface area contributed by atoms with Gasteiger partial charge in [-0.3, -0.25) is 0 Å². The van der Waals surface area contributed by atoms with Gasteiger partial charge >= 0.3 is 5.97 Å². The molecule has 6 heteroatoms. The van der Waals surface area contributed by atoms with E-state index in [0.29, 0.717) is 28.4 Å². The fraction of sp³-hybridized carbons (Fsp3) is 0.235. The topological polar surface area (TPSA) is 86.3 Å². The summed E-state index contributed by atoms with van der Waals surface area (Å²) in [4.78, 5) is 20.7. The number of esters is 1. The van der Waals surface area contributed by atoms with Crippen molar-refractivity contribution in [2.24, 2.45) is 15.7 Å². The van der Waals surface area contributed by atoms with Crippen molar-refractivity contribution in [1.82, 2.24) is 0 Å². The molecule has 1 aromatic rings. The molecule has 2 aliphatic rings. The van der Waals surface area contributed by atoms with E-state index in [-0.39, 0.29) is 6.61 Å². The molecule has 1 atom stereocenters. The zero-order chi connectivity index (χ0) is 16.4. The van der Waals surface area contributed by atoms with Gasteiger partial charge in [0, 0.05) is 5.57 Å². The molecule has 2 aliphatic heterocycles. The Hall–Kier alpha value is -2.73. The number of carbonyl (C=O) groups excluding carboxylic acids is 1. The molecule has 0 radical (unpaired) electrons. The first-order chi connectivity index (χ1) is 11.1. The SMILES string of the molecule is CCOC(=O)C1=C(C)OC2=NC=NC(N)C2=C1c1ccccc1. The van der Waals surface area contributed by atoms with Gasteiger partial charge in [0.05, 0.1) is 12.2 Å². The molecule has 1 unspecified atom stereocenters. The van der Waals surface area contributed by atoms with E-state index in [4.69, 9.17) is 15.2 Å². The summed E-state index contributed by atoms with van der Waals surface area (Å²) in [6, 6.07) is 9.50. The molecule has 0 fully saturated rings. The molecule has 0 saturated heterocycles. The Kier molecular flexibility index (Phi) is 4.08. The molecule has 1 aromatic carbocycles. The molecule has 0 spiro atoms. The number of allylic oxidation sites excluding steroid dienone is 1. The van der Waals surface area contributed by atoms with Gasteiger partial charge in [-0.15, -0.1) is 0 Å². The van der Waals surface area contributed by atoms with Crippen LogP contribution in [0.1, 0.15) is 19.4 Å². The van der Waals surface area contributed by atoms with Gasteiger partial charge in [0.2, 0.25) is 5.90 Å². The van der Waals surface area contributed by atoms with Gasteiger partial charge in [-0.1, -0.05) is 30.3 Å². The summed E-state index contributed by atoms with van der Waals surface area (Å²) >= 11 is 0. The number of ether oxygens (including phenoxy) is 2. The number of hydrogen-bond donors (Lipinski definition) is 1. The lowest BCUT2D eigenvalue weighted by Gasteiger charge is -2.28. The van der Waals surface area contributed by atoms with Gasteiger partial charge in [-0.05, 0) is 19.4 Å². The third-order valence-corrected chi connectivity index (χ3v) is 3.59. The van der Waals surface area contributed by atoms with E-state index in [9.17, 15) is 4.79 Å². The highest BCUT2D eigenvalue weighted by atomic mass is 16.5. The number of carbonyl (C=O) groups is 1. The van der Waals surface area contributed by atoms with E-state index in [2.05, 4.69) is 9.98 Å². The molecule has 2 N–H and O–H groups in total. The van der Waals surface area contributed by atoms with Crippen molar-refractivity contribution in [3.05, 3.63) is 52.8 Å². The average Bonchev–Trinajstić information content (AvgIpc) is 2.54. The third-order valence-electron chi connectivity index (χ3n) is 3.59.